The molecular formula is C18H28N2O4. The third-order valence-corrected chi connectivity index (χ3v) is 3.06. The number of hydrogen-bond donors (Lipinski definition) is 1. The molecular weight excluding hydrogens is 308 g/mol. The van der Waals surface area contributed by atoms with E-state index in [0.29, 0.717) is 26.0 Å². The molecule has 0 saturated carbocycles. The van der Waals surface area contributed by atoms with Crippen LogP contribution in [0.15, 0.2) is 30.3 Å². The third-order valence-electron chi connectivity index (χ3n) is 3.06. The van der Waals surface area contributed by atoms with E-state index >= 15 is 0 Å². The second-order valence-electron chi connectivity index (χ2n) is 5.07. The van der Waals surface area contributed by atoms with Crippen molar-refractivity contribution < 1.29 is 19.1 Å². The molecule has 6 heteroatoms. The maximum Gasteiger partial charge on any atom is 0.411 e. The first-order valence-electron chi connectivity index (χ1n) is 7.90. The first-order chi connectivity index (χ1) is 11.1. The number of likely N-dealkylation sites (tertiary alicyclic amines) is 1. The van der Waals surface area contributed by atoms with Gasteiger partial charge in [-0.25, -0.2) is 4.79 Å². The molecule has 0 radical (unpaired) electrons. The first kappa shape index (κ1) is 21.6. The minimum atomic E-state index is -0.395. The lowest BCUT2D eigenvalue weighted by Gasteiger charge is -2.10. The Bertz CT molecular complexity index is 501. The second-order valence-corrected chi connectivity index (χ2v) is 5.07. The maximum absolute atomic E-state index is 11.0. The molecule has 1 aromatic rings. The molecule has 0 bridgehead atoms. The normalized spacial score (nSPS) is 12.8. The molecule has 1 aliphatic heterocycles. The zero-order chi connectivity index (χ0) is 17.1. The highest BCUT2D eigenvalue weighted by atomic mass is 16.5. The van der Waals surface area contributed by atoms with Crippen LogP contribution < -0.4 is 5.32 Å². The van der Waals surface area contributed by atoms with Gasteiger partial charge in [-0.05, 0) is 25.0 Å². The van der Waals surface area contributed by atoms with Gasteiger partial charge in [0.05, 0.1) is 6.61 Å². The number of amides is 3. The highest BCUT2D eigenvalue weighted by Crippen LogP contribution is 2.11. The van der Waals surface area contributed by atoms with Gasteiger partial charge in [0.1, 0.15) is 0 Å². The Hall–Kier alpha value is -2.37. The SMILES string of the molecule is C.CCCN1C(=O)CCC1=O.CCCOC(=O)Nc1ccccc1. The lowest BCUT2D eigenvalue weighted by Crippen LogP contribution is -2.29. The monoisotopic (exact) mass is 336 g/mol. The van der Waals surface area contributed by atoms with Gasteiger partial charge >= 0.3 is 6.09 Å². The molecule has 1 N–H and O–H groups in total. The number of para-hydroxylation sites is 1. The van der Waals surface area contributed by atoms with Crippen molar-refractivity contribution >= 4 is 23.6 Å². The number of benzene rings is 1. The summed E-state index contributed by atoms with van der Waals surface area (Å²) in [5.74, 6) is -0.0151. The fraction of sp³-hybridized carbons (Fsp3) is 0.500. The number of ether oxygens (including phenoxy) is 1. The van der Waals surface area contributed by atoms with E-state index in [9.17, 15) is 14.4 Å². The number of carbonyl (C=O) groups is 3. The average molecular weight is 336 g/mol. The van der Waals surface area contributed by atoms with Gasteiger partial charge in [-0.15, -0.1) is 0 Å². The molecule has 0 aliphatic carbocycles. The number of imide groups is 1. The Morgan fingerprint density at radius 2 is 1.67 bits per heavy atom. The van der Waals surface area contributed by atoms with Crippen molar-refractivity contribution in [1.82, 2.24) is 4.90 Å². The molecule has 0 aromatic heterocycles. The summed E-state index contributed by atoms with van der Waals surface area (Å²) in [6, 6.07) is 9.23. The second kappa shape index (κ2) is 12.1. The summed E-state index contributed by atoms with van der Waals surface area (Å²) in [5.41, 5.74) is 0.753. The van der Waals surface area contributed by atoms with E-state index in [1.165, 1.54) is 4.90 Å². The summed E-state index contributed by atoms with van der Waals surface area (Å²) in [6.07, 6.45) is 2.13. The van der Waals surface area contributed by atoms with Crippen molar-refractivity contribution in [3.63, 3.8) is 0 Å². The van der Waals surface area contributed by atoms with E-state index < -0.39 is 6.09 Å². The van der Waals surface area contributed by atoms with Gasteiger partial charge in [0.25, 0.3) is 0 Å². The van der Waals surface area contributed by atoms with Gasteiger partial charge in [-0.3, -0.25) is 19.8 Å². The smallest absolute Gasteiger partial charge is 0.411 e. The Morgan fingerprint density at radius 3 is 2.17 bits per heavy atom. The van der Waals surface area contributed by atoms with Crippen LogP contribution in [0.25, 0.3) is 0 Å². The zero-order valence-corrected chi connectivity index (χ0v) is 13.7. The Labute approximate surface area is 144 Å². The molecule has 134 valence electrons. The van der Waals surface area contributed by atoms with Crippen molar-refractivity contribution in [2.75, 3.05) is 18.5 Å². The number of nitrogens with zero attached hydrogens (tertiary/aromatic N) is 1. The summed E-state index contributed by atoms with van der Waals surface area (Å²) in [7, 11) is 0. The minimum Gasteiger partial charge on any atom is -0.449 e. The van der Waals surface area contributed by atoms with E-state index in [2.05, 4.69) is 5.32 Å². The van der Waals surface area contributed by atoms with Crippen LogP contribution in [0, 0.1) is 0 Å². The van der Waals surface area contributed by atoms with Crippen molar-refractivity contribution in [2.24, 2.45) is 0 Å². The summed E-state index contributed by atoms with van der Waals surface area (Å²) in [5, 5.41) is 2.62. The fourth-order valence-corrected chi connectivity index (χ4v) is 1.97. The Kier molecular flexibility index (Phi) is 10.9. The van der Waals surface area contributed by atoms with Gasteiger partial charge in [0.15, 0.2) is 0 Å². The van der Waals surface area contributed by atoms with Gasteiger partial charge in [0, 0.05) is 25.1 Å². The van der Waals surface area contributed by atoms with Crippen LogP contribution in [0.3, 0.4) is 0 Å². The molecule has 1 aromatic carbocycles. The number of rotatable bonds is 5. The van der Waals surface area contributed by atoms with Crippen LogP contribution in [0.5, 0.6) is 0 Å². The van der Waals surface area contributed by atoms with E-state index in [4.69, 9.17) is 4.74 Å². The molecule has 2 rings (SSSR count). The topological polar surface area (TPSA) is 75.7 Å². The number of carbonyl (C=O) groups excluding carboxylic acids is 3. The van der Waals surface area contributed by atoms with Gasteiger partial charge in [-0.2, -0.15) is 0 Å². The lowest BCUT2D eigenvalue weighted by molar-refractivity contribution is -0.138. The van der Waals surface area contributed by atoms with Crippen molar-refractivity contribution in [3.8, 4) is 0 Å². The van der Waals surface area contributed by atoms with E-state index in [1.807, 2.05) is 44.2 Å². The average Bonchev–Trinajstić information content (AvgIpc) is 2.87. The van der Waals surface area contributed by atoms with Crippen molar-refractivity contribution in [1.29, 1.82) is 0 Å². The van der Waals surface area contributed by atoms with Crippen LogP contribution in [0.4, 0.5) is 10.5 Å². The number of nitrogens with one attached hydrogen (secondary N) is 1. The predicted molar refractivity (Wildman–Crippen MR) is 94.7 cm³/mol. The zero-order valence-electron chi connectivity index (χ0n) is 13.7. The summed E-state index contributed by atoms with van der Waals surface area (Å²) in [6.45, 7) is 4.96. The van der Waals surface area contributed by atoms with Crippen molar-refractivity contribution in [2.45, 2.75) is 47.0 Å². The van der Waals surface area contributed by atoms with Gasteiger partial charge < -0.3 is 4.74 Å². The molecule has 0 unspecified atom stereocenters. The van der Waals surface area contributed by atoms with Crippen LogP contribution in [-0.4, -0.2) is 36.0 Å². The van der Waals surface area contributed by atoms with Crippen LogP contribution >= 0.6 is 0 Å². The highest BCUT2D eigenvalue weighted by Gasteiger charge is 2.27. The number of anilines is 1. The molecule has 1 heterocycles. The van der Waals surface area contributed by atoms with Gasteiger partial charge in [0.2, 0.25) is 11.8 Å². The maximum atomic E-state index is 11.0. The summed E-state index contributed by atoms with van der Waals surface area (Å²) < 4.78 is 4.85. The van der Waals surface area contributed by atoms with Gasteiger partial charge in [-0.1, -0.05) is 39.5 Å². The lowest BCUT2D eigenvalue weighted by atomic mass is 10.3. The first-order valence-corrected chi connectivity index (χ1v) is 7.90. The van der Waals surface area contributed by atoms with Crippen LogP contribution in [-0.2, 0) is 14.3 Å². The third kappa shape index (κ3) is 7.76. The van der Waals surface area contributed by atoms with E-state index in [0.717, 1.165) is 18.5 Å². The molecule has 3 amide bonds. The molecule has 1 aliphatic rings. The van der Waals surface area contributed by atoms with E-state index in [-0.39, 0.29) is 19.2 Å². The Morgan fingerprint density at radius 1 is 1.08 bits per heavy atom. The van der Waals surface area contributed by atoms with Crippen molar-refractivity contribution in [3.05, 3.63) is 30.3 Å². The van der Waals surface area contributed by atoms with Crippen LogP contribution in [0.2, 0.25) is 0 Å². The molecule has 6 nitrogen and oxygen atoms in total. The molecule has 1 saturated heterocycles. The molecule has 1 fully saturated rings. The standard InChI is InChI=1S/C10H13NO2.C7H11NO2.CH4/c1-2-8-13-10(12)11-9-6-4-3-5-7-9;1-2-5-8-6(9)3-4-7(8)10;/h3-7H,2,8H2,1H3,(H,11,12);2-5H2,1H3;1H4. The highest BCUT2D eigenvalue weighted by molar-refractivity contribution is 6.01. The Balaban J connectivity index is 0.000000436. The van der Waals surface area contributed by atoms with Crippen LogP contribution in [0.1, 0.15) is 47.0 Å². The molecule has 0 spiro atoms. The summed E-state index contributed by atoms with van der Waals surface area (Å²) >= 11 is 0. The predicted octanol–water partition coefficient (Wildman–Crippen LogP) is 3.83. The molecule has 24 heavy (non-hydrogen) atoms. The minimum absolute atomic E-state index is 0. The van der Waals surface area contributed by atoms with E-state index in [1.54, 1.807) is 0 Å². The quantitative estimate of drug-likeness (QED) is 0.829. The molecule has 0 atom stereocenters. The largest absolute Gasteiger partial charge is 0.449 e. The fourth-order valence-electron chi connectivity index (χ4n) is 1.97. The summed E-state index contributed by atoms with van der Waals surface area (Å²) in [4.78, 5) is 34.1. The number of hydrogen-bond acceptors (Lipinski definition) is 4.